The highest BCUT2D eigenvalue weighted by molar-refractivity contribution is 5.68. The Labute approximate surface area is 178 Å². The molecule has 0 saturated carbocycles. The van der Waals surface area contributed by atoms with E-state index in [-0.39, 0.29) is 12.2 Å². The van der Waals surface area contributed by atoms with Crippen molar-refractivity contribution in [2.45, 2.75) is 92.3 Å². The lowest BCUT2D eigenvalue weighted by Crippen LogP contribution is -2.39. The van der Waals surface area contributed by atoms with E-state index in [2.05, 4.69) is 12.2 Å². The highest BCUT2D eigenvalue weighted by atomic mass is 16.6. The third kappa shape index (κ3) is 15.1. The van der Waals surface area contributed by atoms with Gasteiger partial charge in [-0.1, -0.05) is 6.92 Å². The number of hydrogen-bond acceptors (Lipinski definition) is 5. The molecule has 0 aliphatic carbocycles. The molecule has 2 amide bonds. The molecule has 0 radical (unpaired) electrons. The predicted molar refractivity (Wildman–Crippen MR) is 118 cm³/mol. The Balaban J connectivity index is 4.54. The fourth-order valence-electron chi connectivity index (χ4n) is 2.66. The molecule has 0 aromatic rings. The fourth-order valence-corrected chi connectivity index (χ4v) is 2.66. The van der Waals surface area contributed by atoms with Crippen LogP contribution in [0.3, 0.4) is 0 Å². The van der Waals surface area contributed by atoms with Crippen LogP contribution < -0.4 is 5.32 Å². The van der Waals surface area contributed by atoms with E-state index in [9.17, 15) is 9.59 Å². The zero-order valence-corrected chi connectivity index (χ0v) is 20.1. The Morgan fingerprint density at radius 1 is 0.724 bits per heavy atom. The lowest BCUT2D eigenvalue weighted by atomic mass is 10.2. The number of amides is 2. The van der Waals surface area contributed by atoms with Crippen LogP contribution in [0.4, 0.5) is 9.59 Å². The van der Waals surface area contributed by atoms with Gasteiger partial charge in [0.15, 0.2) is 0 Å². The SMILES string of the molecule is CCNCCCCN(CCCCN(CC)C(=O)OC(C)(C)C)C(=O)OC(C)(C)C. The molecule has 0 bridgehead atoms. The maximum atomic E-state index is 12.5. The molecule has 0 fully saturated rings. The number of carbonyl (C=O) groups is 2. The quantitative estimate of drug-likeness (QED) is 0.470. The molecule has 0 heterocycles. The van der Waals surface area contributed by atoms with E-state index in [1.807, 2.05) is 48.5 Å². The van der Waals surface area contributed by atoms with Crippen LogP contribution in [0.2, 0.25) is 0 Å². The Bertz CT molecular complexity index is 470. The summed E-state index contributed by atoms with van der Waals surface area (Å²) in [5.74, 6) is 0. The first-order chi connectivity index (χ1) is 13.4. The molecule has 172 valence electrons. The molecule has 0 rings (SSSR count). The van der Waals surface area contributed by atoms with Crippen molar-refractivity contribution >= 4 is 12.2 Å². The second-order valence-corrected chi connectivity index (χ2v) is 9.30. The molecule has 0 aromatic carbocycles. The molecule has 7 nitrogen and oxygen atoms in total. The van der Waals surface area contributed by atoms with Crippen molar-refractivity contribution in [2.24, 2.45) is 0 Å². The Hall–Kier alpha value is -1.50. The van der Waals surface area contributed by atoms with Gasteiger partial charge in [-0.3, -0.25) is 0 Å². The number of nitrogens with zero attached hydrogens (tertiary/aromatic N) is 2. The van der Waals surface area contributed by atoms with Crippen LogP contribution >= 0.6 is 0 Å². The van der Waals surface area contributed by atoms with Crippen molar-refractivity contribution in [2.75, 3.05) is 39.3 Å². The Kier molecular flexibility index (Phi) is 13.0. The summed E-state index contributed by atoms with van der Waals surface area (Å²) in [5, 5.41) is 3.30. The summed E-state index contributed by atoms with van der Waals surface area (Å²) in [5.41, 5.74) is -1.00. The molecule has 1 N–H and O–H groups in total. The Morgan fingerprint density at radius 2 is 1.14 bits per heavy atom. The van der Waals surface area contributed by atoms with Gasteiger partial charge >= 0.3 is 12.2 Å². The van der Waals surface area contributed by atoms with E-state index in [0.717, 1.165) is 38.8 Å². The number of ether oxygens (including phenoxy) is 2. The average molecular weight is 416 g/mol. The second-order valence-electron chi connectivity index (χ2n) is 9.30. The molecule has 0 saturated heterocycles. The van der Waals surface area contributed by atoms with Crippen molar-refractivity contribution < 1.29 is 19.1 Å². The van der Waals surface area contributed by atoms with Gasteiger partial charge in [0.1, 0.15) is 11.2 Å². The zero-order valence-electron chi connectivity index (χ0n) is 20.1. The minimum Gasteiger partial charge on any atom is -0.444 e. The molecule has 29 heavy (non-hydrogen) atoms. The molecule has 0 atom stereocenters. The van der Waals surface area contributed by atoms with Gasteiger partial charge in [-0.15, -0.1) is 0 Å². The Morgan fingerprint density at radius 3 is 1.55 bits per heavy atom. The standard InChI is InChI=1S/C22H45N3O4/c1-9-23-15-11-12-17-25(20(27)29-22(6,7)8)18-14-13-16-24(10-2)19(26)28-21(3,4)5/h23H,9-18H2,1-8H3. The first kappa shape index (κ1) is 27.5. The minimum atomic E-state index is -0.505. The van der Waals surface area contributed by atoms with Crippen LogP contribution in [0.25, 0.3) is 0 Å². The third-order valence-corrected chi connectivity index (χ3v) is 4.07. The predicted octanol–water partition coefficient (Wildman–Crippen LogP) is 4.65. The van der Waals surface area contributed by atoms with Crippen molar-refractivity contribution in [3.05, 3.63) is 0 Å². The number of nitrogens with one attached hydrogen (secondary N) is 1. The summed E-state index contributed by atoms with van der Waals surface area (Å²) in [6.45, 7) is 19.7. The minimum absolute atomic E-state index is 0.263. The topological polar surface area (TPSA) is 71.1 Å². The fraction of sp³-hybridized carbons (Fsp3) is 0.909. The number of rotatable bonds is 12. The van der Waals surface area contributed by atoms with E-state index < -0.39 is 11.2 Å². The van der Waals surface area contributed by atoms with E-state index in [1.165, 1.54) is 0 Å². The second kappa shape index (κ2) is 13.7. The van der Waals surface area contributed by atoms with Gasteiger partial charge in [0, 0.05) is 26.2 Å². The van der Waals surface area contributed by atoms with Gasteiger partial charge < -0.3 is 24.6 Å². The third-order valence-electron chi connectivity index (χ3n) is 4.07. The van der Waals surface area contributed by atoms with Crippen LogP contribution in [0, 0.1) is 0 Å². The van der Waals surface area contributed by atoms with Gasteiger partial charge in [0.25, 0.3) is 0 Å². The highest BCUT2D eigenvalue weighted by Crippen LogP contribution is 2.13. The zero-order chi connectivity index (χ0) is 22.5. The molecule has 0 aliphatic heterocycles. The van der Waals surface area contributed by atoms with Gasteiger partial charge in [0.2, 0.25) is 0 Å². The maximum absolute atomic E-state index is 12.5. The smallest absolute Gasteiger partial charge is 0.410 e. The summed E-state index contributed by atoms with van der Waals surface area (Å²) in [4.78, 5) is 28.3. The van der Waals surface area contributed by atoms with Crippen LogP contribution in [0.5, 0.6) is 0 Å². The number of hydrogen-bond donors (Lipinski definition) is 1. The lowest BCUT2D eigenvalue weighted by Gasteiger charge is -2.28. The number of unbranched alkanes of at least 4 members (excludes halogenated alkanes) is 2. The van der Waals surface area contributed by atoms with E-state index in [4.69, 9.17) is 9.47 Å². The van der Waals surface area contributed by atoms with Crippen molar-refractivity contribution in [3.8, 4) is 0 Å². The van der Waals surface area contributed by atoms with Gasteiger partial charge in [0.05, 0.1) is 0 Å². The summed E-state index contributed by atoms with van der Waals surface area (Å²) in [7, 11) is 0. The highest BCUT2D eigenvalue weighted by Gasteiger charge is 2.23. The van der Waals surface area contributed by atoms with Gasteiger partial charge in [-0.2, -0.15) is 0 Å². The van der Waals surface area contributed by atoms with Gasteiger partial charge in [-0.25, -0.2) is 9.59 Å². The van der Waals surface area contributed by atoms with Crippen LogP contribution in [-0.4, -0.2) is 72.5 Å². The van der Waals surface area contributed by atoms with Crippen LogP contribution in [0.1, 0.15) is 81.1 Å². The summed E-state index contributed by atoms with van der Waals surface area (Å²) < 4.78 is 11.0. The number of carbonyl (C=O) groups excluding carboxylic acids is 2. The maximum Gasteiger partial charge on any atom is 0.410 e. The van der Waals surface area contributed by atoms with Crippen molar-refractivity contribution in [3.63, 3.8) is 0 Å². The summed E-state index contributed by atoms with van der Waals surface area (Å²) in [6, 6.07) is 0. The van der Waals surface area contributed by atoms with E-state index >= 15 is 0 Å². The van der Waals surface area contributed by atoms with Crippen LogP contribution in [-0.2, 0) is 9.47 Å². The summed E-state index contributed by atoms with van der Waals surface area (Å²) in [6.07, 6.45) is 3.03. The molecular weight excluding hydrogens is 370 g/mol. The molecular formula is C22H45N3O4. The first-order valence-corrected chi connectivity index (χ1v) is 11.1. The van der Waals surface area contributed by atoms with Crippen molar-refractivity contribution in [1.82, 2.24) is 15.1 Å². The van der Waals surface area contributed by atoms with E-state index in [0.29, 0.717) is 26.2 Å². The lowest BCUT2D eigenvalue weighted by molar-refractivity contribution is 0.0213. The van der Waals surface area contributed by atoms with Crippen LogP contribution in [0.15, 0.2) is 0 Å². The molecule has 0 aromatic heterocycles. The molecule has 0 unspecified atom stereocenters. The average Bonchev–Trinajstić information content (AvgIpc) is 2.56. The molecule has 0 aliphatic rings. The van der Waals surface area contributed by atoms with E-state index in [1.54, 1.807) is 9.80 Å². The van der Waals surface area contributed by atoms with Gasteiger partial charge in [-0.05, 0) is 87.2 Å². The monoisotopic (exact) mass is 415 g/mol. The molecule has 0 spiro atoms. The molecule has 7 heteroatoms. The summed E-state index contributed by atoms with van der Waals surface area (Å²) >= 11 is 0. The largest absolute Gasteiger partial charge is 0.444 e. The normalized spacial score (nSPS) is 11.9. The van der Waals surface area contributed by atoms with Crippen molar-refractivity contribution in [1.29, 1.82) is 0 Å². The first-order valence-electron chi connectivity index (χ1n) is 11.1.